The molecule has 0 heterocycles. The Morgan fingerprint density at radius 1 is 1.24 bits per heavy atom. The van der Waals surface area contributed by atoms with Crippen LogP contribution in [0.4, 0.5) is 5.69 Å². The van der Waals surface area contributed by atoms with Crippen LogP contribution in [0.25, 0.3) is 0 Å². The molecular formula is C16H25ClN2O2. The number of amides is 1. The summed E-state index contributed by atoms with van der Waals surface area (Å²) >= 11 is 0. The highest BCUT2D eigenvalue weighted by atomic mass is 35.5. The van der Waals surface area contributed by atoms with Gasteiger partial charge in [0, 0.05) is 5.69 Å². The smallest absolute Gasteiger partial charge is 0.244 e. The molecule has 1 aromatic carbocycles. The molecule has 21 heavy (non-hydrogen) atoms. The molecule has 1 fully saturated rings. The van der Waals surface area contributed by atoms with Crippen molar-refractivity contribution < 1.29 is 9.53 Å². The minimum absolute atomic E-state index is 0. The second kappa shape index (κ2) is 8.25. The van der Waals surface area contributed by atoms with E-state index in [0.29, 0.717) is 6.61 Å². The fraction of sp³-hybridized carbons (Fsp3) is 0.562. The lowest BCUT2D eigenvalue weighted by Crippen LogP contribution is -2.52. The Bertz CT molecular complexity index is 442. The highest BCUT2D eigenvalue weighted by Crippen LogP contribution is 2.27. The first kappa shape index (κ1) is 17.8. The monoisotopic (exact) mass is 312 g/mol. The van der Waals surface area contributed by atoms with Crippen LogP contribution < -0.4 is 15.8 Å². The summed E-state index contributed by atoms with van der Waals surface area (Å²) in [5, 5.41) is 2.92. The van der Waals surface area contributed by atoms with Gasteiger partial charge < -0.3 is 15.8 Å². The molecule has 0 saturated heterocycles. The van der Waals surface area contributed by atoms with Crippen LogP contribution in [-0.4, -0.2) is 18.1 Å². The summed E-state index contributed by atoms with van der Waals surface area (Å²) in [5.74, 6) is 0.754. The molecule has 1 aromatic rings. The van der Waals surface area contributed by atoms with E-state index in [0.717, 1.165) is 43.5 Å². The second-order valence-electron chi connectivity index (χ2n) is 5.54. The van der Waals surface area contributed by atoms with E-state index >= 15 is 0 Å². The molecule has 0 aromatic heterocycles. The van der Waals surface area contributed by atoms with Gasteiger partial charge in [0.2, 0.25) is 5.91 Å². The molecule has 1 saturated carbocycles. The maximum atomic E-state index is 12.3. The number of carbonyl (C=O) groups is 1. The van der Waals surface area contributed by atoms with Crippen molar-refractivity contribution in [3.8, 4) is 5.75 Å². The van der Waals surface area contributed by atoms with Crippen molar-refractivity contribution in [1.82, 2.24) is 0 Å². The van der Waals surface area contributed by atoms with E-state index in [1.165, 1.54) is 6.42 Å². The Morgan fingerprint density at radius 2 is 1.86 bits per heavy atom. The number of anilines is 1. The van der Waals surface area contributed by atoms with E-state index in [1.807, 2.05) is 24.3 Å². The van der Waals surface area contributed by atoms with E-state index in [2.05, 4.69) is 12.2 Å². The predicted octanol–water partition coefficient (Wildman–Crippen LogP) is 3.50. The standard InChI is InChI=1S/C16H24N2O2.ClH/c1-2-12-20-14-8-6-13(7-9-14)18-15(19)16(17)10-4-3-5-11-16;/h6-9H,2-5,10-12,17H2,1H3,(H,18,19);1H. The van der Waals surface area contributed by atoms with Crippen molar-refractivity contribution in [3.05, 3.63) is 24.3 Å². The molecule has 1 aliphatic rings. The summed E-state index contributed by atoms with van der Waals surface area (Å²) < 4.78 is 5.51. The predicted molar refractivity (Wildman–Crippen MR) is 88.1 cm³/mol. The largest absolute Gasteiger partial charge is 0.494 e. The third-order valence-electron chi connectivity index (χ3n) is 3.78. The van der Waals surface area contributed by atoms with Gasteiger partial charge in [0.15, 0.2) is 0 Å². The van der Waals surface area contributed by atoms with Crippen molar-refractivity contribution >= 4 is 24.0 Å². The van der Waals surface area contributed by atoms with Gasteiger partial charge in [-0.15, -0.1) is 12.4 Å². The Kier molecular flexibility index (Phi) is 6.99. The number of rotatable bonds is 5. The van der Waals surface area contributed by atoms with E-state index in [4.69, 9.17) is 10.5 Å². The van der Waals surface area contributed by atoms with Gasteiger partial charge in [0.05, 0.1) is 12.1 Å². The molecule has 0 bridgehead atoms. The third kappa shape index (κ3) is 4.90. The number of carbonyl (C=O) groups excluding carboxylic acids is 1. The van der Waals surface area contributed by atoms with Crippen LogP contribution in [0.5, 0.6) is 5.75 Å². The van der Waals surface area contributed by atoms with Crippen molar-refractivity contribution in [2.45, 2.75) is 51.0 Å². The lowest BCUT2D eigenvalue weighted by molar-refractivity contribution is -0.122. The number of hydrogen-bond donors (Lipinski definition) is 2. The van der Waals surface area contributed by atoms with Crippen molar-refractivity contribution in [3.63, 3.8) is 0 Å². The Hall–Kier alpha value is -1.26. The maximum Gasteiger partial charge on any atom is 0.244 e. The first-order valence-corrected chi connectivity index (χ1v) is 7.47. The van der Waals surface area contributed by atoms with Crippen molar-refractivity contribution in [1.29, 1.82) is 0 Å². The van der Waals surface area contributed by atoms with Crippen LogP contribution >= 0.6 is 12.4 Å². The Balaban J connectivity index is 0.00000220. The molecule has 2 rings (SSSR count). The van der Waals surface area contributed by atoms with Gasteiger partial charge >= 0.3 is 0 Å². The van der Waals surface area contributed by atoms with E-state index in [1.54, 1.807) is 0 Å². The SMILES string of the molecule is CCCOc1ccc(NC(=O)C2(N)CCCCC2)cc1.Cl. The van der Waals surface area contributed by atoms with Crippen LogP contribution in [0.15, 0.2) is 24.3 Å². The fourth-order valence-electron chi connectivity index (χ4n) is 2.52. The topological polar surface area (TPSA) is 64.3 Å². The normalized spacial score (nSPS) is 16.7. The summed E-state index contributed by atoms with van der Waals surface area (Å²) in [5.41, 5.74) is 6.28. The van der Waals surface area contributed by atoms with Gasteiger partial charge in [-0.25, -0.2) is 0 Å². The summed E-state index contributed by atoms with van der Waals surface area (Å²) in [6, 6.07) is 7.45. The molecule has 0 unspecified atom stereocenters. The molecule has 118 valence electrons. The van der Waals surface area contributed by atoms with Gasteiger partial charge in [-0.1, -0.05) is 26.2 Å². The molecule has 5 heteroatoms. The highest BCUT2D eigenvalue weighted by Gasteiger charge is 2.35. The summed E-state index contributed by atoms with van der Waals surface area (Å²) in [6.07, 6.45) is 5.78. The minimum atomic E-state index is -0.699. The van der Waals surface area contributed by atoms with Crippen LogP contribution in [0.1, 0.15) is 45.4 Å². The molecule has 0 radical (unpaired) electrons. The van der Waals surface area contributed by atoms with Gasteiger partial charge in [-0.05, 0) is 43.5 Å². The average molecular weight is 313 g/mol. The zero-order chi connectivity index (χ0) is 14.4. The lowest BCUT2D eigenvalue weighted by Gasteiger charge is -2.31. The summed E-state index contributed by atoms with van der Waals surface area (Å²) in [6.45, 7) is 2.77. The first-order chi connectivity index (χ1) is 9.64. The molecule has 3 N–H and O–H groups in total. The Morgan fingerprint density at radius 3 is 2.43 bits per heavy atom. The van der Waals surface area contributed by atoms with Gasteiger partial charge in [-0.3, -0.25) is 4.79 Å². The first-order valence-electron chi connectivity index (χ1n) is 7.47. The van der Waals surface area contributed by atoms with Crippen LogP contribution in [-0.2, 0) is 4.79 Å². The molecule has 0 spiro atoms. The quantitative estimate of drug-likeness (QED) is 0.874. The van der Waals surface area contributed by atoms with Gasteiger partial charge in [-0.2, -0.15) is 0 Å². The number of benzene rings is 1. The molecule has 0 aliphatic heterocycles. The number of ether oxygens (including phenoxy) is 1. The summed E-state index contributed by atoms with van der Waals surface area (Å²) in [7, 11) is 0. The number of nitrogens with two attached hydrogens (primary N) is 1. The van der Waals surface area contributed by atoms with Crippen LogP contribution in [0.2, 0.25) is 0 Å². The lowest BCUT2D eigenvalue weighted by atomic mass is 9.82. The number of hydrogen-bond acceptors (Lipinski definition) is 3. The zero-order valence-corrected chi connectivity index (χ0v) is 13.4. The third-order valence-corrected chi connectivity index (χ3v) is 3.78. The number of nitrogens with one attached hydrogen (secondary N) is 1. The van der Waals surface area contributed by atoms with Crippen LogP contribution in [0.3, 0.4) is 0 Å². The Labute approximate surface area is 132 Å². The maximum absolute atomic E-state index is 12.3. The number of halogens is 1. The van der Waals surface area contributed by atoms with E-state index in [9.17, 15) is 4.79 Å². The molecule has 0 atom stereocenters. The average Bonchev–Trinajstić information content (AvgIpc) is 2.47. The molecule has 4 nitrogen and oxygen atoms in total. The minimum Gasteiger partial charge on any atom is -0.494 e. The molecular weight excluding hydrogens is 288 g/mol. The van der Waals surface area contributed by atoms with Gasteiger partial charge in [0.25, 0.3) is 0 Å². The fourth-order valence-corrected chi connectivity index (χ4v) is 2.52. The second-order valence-corrected chi connectivity index (χ2v) is 5.54. The van der Waals surface area contributed by atoms with Crippen molar-refractivity contribution in [2.75, 3.05) is 11.9 Å². The van der Waals surface area contributed by atoms with E-state index in [-0.39, 0.29) is 18.3 Å². The van der Waals surface area contributed by atoms with Crippen molar-refractivity contribution in [2.24, 2.45) is 5.73 Å². The van der Waals surface area contributed by atoms with E-state index < -0.39 is 5.54 Å². The van der Waals surface area contributed by atoms with Gasteiger partial charge in [0.1, 0.15) is 5.75 Å². The summed E-state index contributed by atoms with van der Waals surface area (Å²) in [4.78, 5) is 12.3. The highest BCUT2D eigenvalue weighted by molar-refractivity contribution is 5.98. The molecule has 1 amide bonds. The zero-order valence-electron chi connectivity index (χ0n) is 12.6. The molecule has 1 aliphatic carbocycles. The van der Waals surface area contributed by atoms with Crippen LogP contribution in [0, 0.1) is 0 Å².